The Labute approximate surface area is 155 Å². The minimum Gasteiger partial charge on any atom is -0.507 e. The van der Waals surface area contributed by atoms with Crippen LogP contribution in [0.4, 0.5) is 0 Å². The maximum Gasteiger partial charge on any atom is 0.339 e. The van der Waals surface area contributed by atoms with Crippen molar-refractivity contribution in [3.63, 3.8) is 0 Å². The van der Waals surface area contributed by atoms with Crippen molar-refractivity contribution in [1.82, 2.24) is 0 Å². The first-order valence-corrected chi connectivity index (χ1v) is 7.92. The molecule has 0 bridgehead atoms. The zero-order valence-electron chi connectivity index (χ0n) is 14.5. The van der Waals surface area contributed by atoms with Crippen molar-refractivity contribution >= 4 is 11.8 Å². The Morgan fingerprint density at radius 3 is 1.93 bits per heavy atom. The van der Waals surface area contributed by atoms with Gasteiger partial charge < -0.3 is 20.1 Å². The fourth-order valence-electron chi connectivity index (χ4n) is 2.23. The number of hydrogen-bond donors (Lipinski definition) is 3. The number of methoxy groups -OCH3 is 1. The number of aromatic carboxylic acids is 1. The van der Waals surface area contributed by atoms with E-state index in [1.807, 2.05) is 6.07 Å². The summed E-state index contributed by atoms with van der Waals surface area (Å²) in [6, 6.07) is 19.3. The van der Waals surface area contributed by atoms with Gasteiger partial charge in [-0.3, -0.25) is 4.79 Å². The van der Waals surface area contributed by atoms with E-state index in [1.54, 1.807) is 48.5 Å². The number of para-hydroxylation sites is 1. The van der Waals surface area contributed by atoms with Crippen LogP contribution in [0.3, 0.4) is 0 Å². The molecule has 0 aromatic heterocycles. The van der Waals surface area contributed by atoms with Gasteiger partial charge in [0.15, 0.2) is 5.78 Å². The third-order valence-corrected chi connectivity index (χ3v) is 3.62. The summed E-state index contributed by atoms with van der Waals surface area (Å²) in [4.78, 5) is 22.3. The standard InChI is InChI=1S/C14H12O3.C7H6O3/c1-17-11-7-8-12(13(15)9-11)14(16)10-5-3-2-4-6-10;8-6-4-2-1-3-5(6)7(9)10/h2-9,15H,1H3;1-4,8H,(H,9,10). The van der Waals surface area contributed by atoms with E-state index in [4.69, 9.17) is 14.9 Å². The van der Waals surface area contributed by atoms with E-state index < -0.39 is 5.97 Å². The number of rotatable bonds is 4. The van der Waals surface area contributed by atoms with Crippen LogP contribution < -0.4 is 4.74 Å². The van der Waals surface area contributed by atoms with E-state index in [-0.39, 0.29) is 28.4 Å². The van der Waals surface area contributed by atoms with Gasteiger partial charge in [-0.15, -0.1) is 0 Å². The molecule has 0 aliphatic rings. The molecule has 138 valence electrons. The summed E-state index contributed by atoms with van der Waals surface area (Å²) in [5.74, 6) is -1.07. The number of carboxylic acid groups (broad SMARTS) is 1. The fraction of sp³-hybridized carbons (Fsp3) is 0.0476. The van der Waals surface area contributed by atoms with E-state index >= 15 is 0 Å². The van der Waals surface area contributed by atoms with Crippen molar-refractivity contribution in [2.45, 2.75) is 0 Å². The third kappa shape index (κ3) is 5.09. The van der Waals surface area contributed by atoms with Crippen molar-refractivity contribution in [2.24, 2.45) is 0 Å². The smallest absolute Gasteiger partial charge is 0.339 e. The third-order valence-electron chi connectivity index (χ3n) is 3.62. The number of carbonyl (C=O) groups is 2. The number of phenolic OH excluding ortho intramolecular Hbond substituents is 1. The molecule has 27 heavy (non-hydrogen) atoms. The van der Waals surface area contributed by atoms with Crippen LogP contribution in [0.25, 0.3) is 0 Å². The van der Waals surface area contributed by atoms with Gasteiger partial charge in [0.25, 0.3) is 0 Å². The van der Waals surface area contributed by atoms with Gasteiger partial charge in [0.2, 0.25) is 0 Å². The molecule has 0 heterocycles. The second-order valence-electron chi connectivity index (χ2n) is 5.40. The van der Waals surface area contributed by atoms with Crippen LogP contribution in [-0.4, -0.2) is 34.2 Å². The van der Waals surface area contributed by atoms with Gasteiger partial charge in [-0.05, 0) is 24.3 Å². The van der Waals surface area contributed by atoms with Crippen LogP contribution in [0, 0.1) is 0 Å². The number of ketones is 1. The Kier molecular flexibility index (Phi) is 6.55. The number of aromatic hydroxyl groups is 2. The van der Waals surface area contributed by atoms with E-state index in [2.05, 4.69) is 0 Å². The highest BCUT2D eigenvalue weighted by Crippen LogP contribution is 2.25. The lowest BCUT2D eigenvalue weighted by Crippen LogP contribution is -2.01. The van der Waals surface area contributed by atoms with E-state index in [9.17, 15) is 14.7 Å². The van der Waals surface area contributed by atoms with E-state index in [0.717, 1.165) is 0 Å². The van der Waals surface area contributed by atoms with Crippen LogP contribution >= 0.6 is 0 Å². The van der Waals surface area contributed by atoms with E-state index in [0.29, 0.717) is 11.3 Å². The molecule has 0 atom stereocenters. The molecule has 0 aliphatic carbocycles. The van der Waals surface area contributed by atoms with Crippen molar-refractivity contribution in [3.8, 4) is 17.2 Å². The summed E-state index contributed by atoms with van der Waals surface area (Å²) in [6.07, 6.45) is 0. The lowest BCUT2D eigenvalue weighted by Gasteiger charge is -2.06. The Morgan fingerprint density at radius 1 is 0.778 bits per heavy atom. The summed E-state index contributed by atoms with van der Waals surface area (Å²) in [6.45, 7) is 0. The Balaban J connectivity index is 0.000000223. The van der Waals surface area contributed by atoms with Crippen molar-refractivity contribution in [3.05, 3.63) is 89.5 Å². The summed E-state index contributed by atoms with van der Waals surface area (Å²) >= 11 is 0. The largest absolute Gasteiger partial charge is 0.507 e. The highest BCUT2D eigenvalue weighted by Gasteiger charge is 2.13. The first-order chi connectivity index (χ1) is 12.9. The molecule has 3 rings (SSSR count). The van der Waals surface area contributed by atoms with Crippen molar-refractivity contribution in [2.75, 3.05) is 7.11 Å². The van der Waals surface area contributed by atoms with Gasteiger partial charge in [0.05, 0.1) is 12.7 Å². The molecule has 0 fully saturated rings. The molecule has 3 aromatic carbocycles. The number of ether oxygens (including phenoxy) is 1. The summed E-state index contributed by atoms with van der Waals surface area (Å²) in [5.41, 5.74) is 0.757. The molecule has 3 N–H and O–H groups in total. The van der Waals surface area contributed by atoms with Crippen LogP contribution in [-0.2, 0) is 0 Å². The van der Waals surface area contributed by atoms with Crippen LogP contribution in [0.15, 0.2) is 72.8 Å². The van der Waals surface area contributed by atoms with Crippen molar-refractivity contribution < 1.29 is 29.6 Å². The molecule has 0 unspecified atom stereocenters. The first kappa shape index (κ1) is 19.5. The molecular weight excluding hydrogens is 348 g/mol. The van der Waals surface area contributed by atoms with Crippen LogP contribution in [0.5, 0.6) is 17.2 Å². The molecule has 0 radical (unpaired) electrons. The number of carbonyl (C=O) groups excluding carboxylic acids is 1. The second-order valence-corrected chi connectivity index (χ2v) is 5.40. The van der Waals surface area contributed by atoms with Crippen molar-refractivity contribution in [1.29, 1.82) is 0 Å². The number of carboxylic acids is 1. The van der Waals surface area contributed by atoms with Crippen LogP contribution in [0.2, 0.25) is 0 Å². The zero-order valence-corrected chi connectivity index (χ0v) is 14.5. The van der Waals surface area contributed by atoms with Crippen LogP contribution in [0.1, 0.15) is 26.3 Å². The quantitative estimate of drug-likeness (QED) is 0.608. The minimum absolute atomic E-state index is 0.0671. The lowest BCUT2D eigenvalue weighted by molar-refractivity contribution is 0.0693. The van der Waals surface area contributed by atoms with E-state index in [1.165, 1.54) is 25.3 Å². The molecule has 0 saturated carbocycles. The predicted octanol–water partition coefficient (Wildman–Crippen LogP) is 3.72. The number of hydrogen-bond acceptors (Lipinski definition) is 5. The normalized spacial score (nSPS) is 9.67. The summed E-state index contributed by atoms with van der Waals surface area (Å²) in [7, 11) is 1.51. The molecule has 6 nitrogen and oxygen atoms in total. The Bertz CT molecular complexity index is 934. The SMILES string of the molecule is COc1ccc(C(=O)c2ccccc2)c(O)c1.O=C(O)c1ccccc1O. The molecule has 0 aliphatic heterocycles. The Hall–Kier alpha value is -3.80. The average molecular weight is 366 g/mol. The van der Waals surface area contributed by atoms with Gasteiger partial charge in [0.1, 0.15) is 22.8 Å². The topological polar surface area (TPSA) is 104 Å². The minimum atomic E-state index is -1.11. The van der Waals surface area contributed by atoms with Gasteiger partial charge in [-0.25, -0.2) is 4.79 Å². The number of phenols is 2. The summed E-state index contributed by atoms with van der Waals surface area (Å²) < 4.78 is 4.96. The first-order valence-electron chi connectivity index (χ1n) is 7.92. The maximum absolute atomic E-state index is 12.1. The monoisotopic (exact) mass is 366 g/mol. The molecular formula is C21H18O6. The highest BCUT2D eigenvalue weighted by molar-refractivity contribution is 6.10. The zero-order chi connectivity index (χ0) is 19.8. The summed E-state index contributed by atoms with van der Waals surface area (Å²) in [5, 5.41) is 27.1. The molecule has 0 spiro atoms. The number of benzene rings is 3. The molecule has 6 heteroatoms. The maximum atomic E-state index is 12.1. The van der Waals surface area contributed by atoms with Gasteiger partial charge >= 0.3 is 5.97 Å². The lowest BCUT2D eigenvalue weighted by atomic mass is 10.0. The second kappa shape index (κ2) is 9.05. The highest BCUT2D eigenvalue weighted by atomic mass is 16.5. The fourth-order valence-corrected chi connectivity index (χ4v) is 2.23. The molecule has 0 saturated heterocycles. The average Bonchev–Trinajstić information content (AvgIpc) is 2.68. The van der Waals surface area contributed by atoms with Gasteiger partial charge in [-0.2, -0.15) is 0 Å². The predicted molar refractivity (Wildman–Crippen MR) is 99.6 cm³/mol. The Morgan fingerprint density at radius 2 is 1.41 bits per heavy atom. The molecule has 0 amide bonds. The molecule has 3 aromatic rings. The van der Waals surface area contributed by atoms with Gasteiger partial charge in [-0.1, -0.05) is 42.5 Å². The van der Waals surface area contributed by atoms with Gasteiger partial charge in [0, 0.05) is 11.6 Å².